The Morgan fingerprint density at radius 2 is 1.30 bits per heavy atom. The summed E-state index contributed by atoms with van der Waals surface area (Å²) in [5.74, 6) is 1.41. The summed E-state index contributed by atoms with van der Waals surface area (Å²) in [5.41, 5.74) is 1.39. The molecule has 0 unspecified atom stereocenters. The molecule has 1 aromatic carbocycles. The lowest BCUT2D eigenvalue weighted by atomic mass is 10.1. The maximum Gasteiger partial charge on any atom is 0.260 e. The number of benzene rings is 1. The fourth-order valence-electron chi connectivity index (χ4n) is 3.89. The van der Waals surface area contributed by atoms with Crippen LogP contribution in [0.2, 0.25) is 0 Å². The summed E-state index contributed by atoms with van der Waals surface area (Å²) in [5, 5.41) is 0. The zero-order valence-corrected chi connectivity index (χ0v) is 17.8. The van der Waals surface area contributed by atoms with Gasteiger partial charge in [0.15, 0.2) is 0 Å². The van der Waals surface area contributed by atoms with Gasteiger partial charge < -0.3 is 0 Å². The first-order valence-corrected chi connectivity index (χ1v) is 11.4. The standard InChI is InChI=1S/C25H41N2/c1-3-4-5-6-7-8-9-10-11-12-13-17-20-27-22-21-26(2)25(27)23-24-18-15-14-16-19-24/h14-16,18-19,21-22H,3-13,17,20,23H2,1-2H3/q+1. The van der Waals surface area contributed by atoms with E-state index in [9.17, 15) is 0 Å². The van der Waals surface area contributed by atoms with Crippen LogP contribution >= 0.6 is 0 Å². The third-order valence-corrected chi connectivity index (χ3v) is 5.67. The van der Waals surface area contributed by atoms with Gasteiger partial charge in [0.2, 0.25) is 0 Å². The molecule has 0 aliphatic heterocycles. The van der Waals surface area contributed by atoms with E-state index in [1.807, 2.05) is 0 Å². The van der Waals surface area contributed by atoms with Crippen LogP contribution in [0.5, 0.6) is 0 Å². The van der Waals surface area contributed by atoms with Crippen molar-refractivity contribution in [2.24, 2.45) is 7.05 Å². The molecule has 2 nitrogen and oxygen atoms in total. The molecule has 0 spiro atoms. The quantitative estimate of drug-likeness (QED) is 0.247. The Kier molecular flexibility index (Phi) is 10.9. The summed E-state index contributed by atoms with van der Waals surface area (Å²) in [7, 11) is 2.16. The average molecular weight is 370 g/mol. The minimum Gasteiger partial charge on any atom is -0.237 e. The van der Waals surface area contributed by atoms with Crippen molar-refractivity contribution in [1.82, 2.24) is 4.57 Å². The predicted molar refractivity (Wildman–Crippen MR) is 116 cm³/mol. The molecule has 0 bridgehead atoms. The topological polar surface area (TPSA) is 8.81 Å². The van der Waals surface area contributed by atoms with Gasteiger partial charge >= 0.3 is 0 Å². The largest absolute Gasteiger partial charge is 0.260 e. The van der Waals surface area contributed by atoms with Crippen LogP contribution in [0.3, 0.4) is 0 Å². The molecular weight excluding hydrogens is 328 g/mol. The number of aryl methyl sites for hydroxylation is 2. The van der Waals surface area contributed by atoms with Gasteiger partial charge in [-0.05, 0) is 18.4 Å². The minimum atomic E-state index is 1.02. The normalized spacial score (nSPS) is 11.2. The van der Waals surface area contributed by atoms with Crippen LogP contribution in [-0.2, 0) is 20.0 Å². The molecule has 0 aliphatic rings. The van der Waals surface area contributed by atoms with Crippen molar-refractivity contribution in [3.05, 3.63) is 54.1 Å². The number of nitrogens with zero attached hydrogens (tertiary/aromatic N) is 2. The van der Waals surface area contributed by atoms with E-state index in [2.05, 4.69) is 65.8 Å². The molecule has 0 fully saturated rings. The number of hydrogen-bond donors (Lipinski definition) is 0. The first-order valence-electron chi connectivity index (χ1n) is 11.4. The van der Waals surface area contributed by atoms with Gasteiger partial charge in [-0.2, -0.15) is 0 Å². The van der Waals surface area contributed by atoms with Gasteiger partial charge in [0.25, 0.3) is 5.82 Å². The molecule has 0 saturated carbocycles. The summed E-state index contributed by atoms with van der Waals surface area (Å²) < 4.78 is 4.72. The number of aromatic nitrogens is 2. The van der Waals surface area contributed by atoms with E-state index in [-0.39, 0.29) is 0 Å². The fourth-order valence-corrected chi connectivity index (χ4v) is 3.89. The second-order valence-corrected chi connectivity index (χ2v) is 8.07. The van der Waals surface area contributed by atoms with E-state index in [0.717, 1.165) is 13.0 Å². The maximum atomic E-state index is 2.45. The van der Waals surface area contributed by atoms with Crippen LogP contribution in [0.25, 0.3) is 0 Å². The fraction of sp³-hybridized carbons (Fsp3) is 0.640. The van der Waals surface area contributed by atoms with Crippen LogP contribution < -0.4 is 4.57 Å². The molecule has 2 aromatic rings. The van der Waals surface area contributed by atoms with Crippen LogP contribution in [0.4, 0.5) is 0 Å². The Morgan fingerprint density at radius 1 is 0.741 bits per heavy atom. The predicted octanol–water partition coefficient (Wildman–Crippen LogP) is 6.60. The Balaban J connectivity index is 1.55. The number of imidazole rings is 1. The highest BCUT2D eigenvalue weighted by molar-refractivity contribution is 5.17. The molecule has 0 saturated heterocycles. The number of hydrogen-bond acceptors (Lipinski definition) is 0. The van der Waals surface area contributed by atoms with Crippen LogP contribution in [0.15, 0.2) is 42.7 Å². The van der Waals surface area contributed by atoms with Crippen molar-refractivity contribution in [3.8, 4) is 0 Å². The average Bonchev–Trinajstić information content (AvgIpc) is 3.03. The van der Waals surface area contributed by atoms with Crippen molar-refractivity contribution < 1.29 is 4.57 Å². The monoisotopic (exact) mass is 369 g/mol. The van der Waals surface area contributed by atoms with Crippen LogP contribution in [0.1, 0.15) is 95.4 Å². The van der Waals surface area contributed by atoms with Crippen molar-refractivity contribution in [2.75, 3.05) is 0 Å². The molecule has 0 aliphatic carbocycles. The highest BCUT2D eigenvalue weighted by Crippen LogP contribution is 2.12. The van der Waals surface area contributed by atoms with Gasteiger partial charge in [0.05, 0.1) is 20.0 Å². The second-order valence-electron chi connectivity index (χ2n) is 8.07. The number of unbranched alkanes of at least 4 members (excludes halogenated alkanes) is 11. The van der Waals surface area contributed by atoms with Crippen molar-refractivity contribution in [3.63, 3.8) is 0 Å². The maximum absolute atomic E-state index is 2.45. The third kappa shape index (κ3) is 8.77. The molecule has 0 N–H and O–H groups in total. The zero-order valence-electron chi connectivity index (χ0n) is 17.8. The van der Waals surface area contributed by atoms with Crippen LogP contribution in [0, 0.1) is 0 Å². The van der Waals surface area contributed by atoms with Crippen LogP contribution in [-0.4, -0.2) is 4.57 Å². The van der Waals surface area contributed by atoms with Gasteiger partial charge in [-0.1, -0.05) is 101 Å². The highest BCUT2D eigenvalue weighted by atomic mass is 15.1. The van der Waals surface area contributed by atoms with E-state index in [4.69, 9.17) is 0 Å². The molecule has 0 atom stereocenters. The van der Waals surface area contributed by atoms with Crippen molar-refractivity contribution >= 4 is 0 Å². The minimum absolute atomic E-state index is 1.02. The summed E-state index contributed by atoms with van der Waals surface area (Å²) >= 11 is 0. The smallest absolute Gasteiger partial charge is 0.237 e. The highest BCUT2D eigenvalue weighted by Gasteiger charge is 2.14. The Morgan fingerprint density at radius 3 is 1.89 bits per heavy atom. The summed E-state index contributed by atoms with van der Waals surface area (Å²) in [6, 6.07) is 10.8. The van der Waals surface area contributed by atoms with E-state index in [0.29, 0.717) is 0 Å². The lowest BCUT2D eigenvalue weighted by Gasteiger charge is -2.05. The van der Waals surface area contributed by atoms with Crippen molar-refractivity contribution in [2.45, 2.75) is 96.9 Å². The number of rotatable bonds is 15. The first kappa shape index (κ1) is 21.7. The third-order valence-electron chi connectivity index (χ3n) is 5.67. The van der Waals surface area contributed by atoms with Gasteiger partial charge in [-0.25, -0.2) is 9.13 Å². The molecule has 1 aromatic heterocycles. The molecular formula is C25H41N2+. The Bertz CT molecular complexity index is 600. The Hall–Kier alpha value is -1.57. The molecule has 1 heterocycles. The molecule has 150 valence electrons. The van der Waals surface area contributed by atoms with E-state index in [1.54, 1.807) is 0 Å². The van der Waals surface area contributed by atoms with Crippen molar-refractivity contribution in [1.29, 1.82) is 0 Å². The molecule has 27 heavy (non-hydrogen) atoms. The molecule has 2 heteroatoms. The zero-order chi connectivity index (χ0) is 19.2. The van der Waals surface area contributed by atoms with E-state index in [1.165, 1.54) is 88.4 Å². The first-order chi connectivity index (χ1) is 13.3. The van der Waals surface area contributed by atoms with Gasteiger partial charge in [0.1, 0.15) is 12.4 Å². The van der Waals surface area contributed by atoms with E-state index < -0.39 is 0 Å². The summed E-state index contributed by atoms with van der Waals surface area (Å²) in [6.45, 7) is 3.45. The SMILES string of the molecule is CCCCCCCCCCCCCC[n+]1ccn(C)c1Cc1ccccc1. The second kappa shape index (κ2) is 13.6. The van der Waals surface area contributed by atoms with Gasteiger partial charge in [0, 0.05) is 0 Å². The van der Waals surface area contributed by atoms with E-state index >= 15 is 0 Å². The molecule has 0 amide bonds. The lowest BCUT2D eigenvalue weighted by molar-refractivity contribution is -0.703. The molecule has 2 rings (SSSR count). The van der Waals surface area contributed by atoms with Gasteiger partial charge in [-0.3, -0.25) is 0 Å². The lowest BCUT2D eigenvalue weighted by Crippen LogP contribution is -2.37. The Labute approximate surface area is 167 Å². The summed E-state index contributed by atoms with van der Waals surface area (Å²) in [4.78, 5) is 0. The summed E-state index contributed by atoms with van der Waals surface area (Å²) in [6.07, 6.45) is 22.4. The van der Waals surface area contributed by atoms with Gasteiger partial charge in [-0.15, -0.1) is 0 Å². The molecule has 0 radical (unpaired) electrons.